The number of rotatable bonds is 5. The second-order valence-corrected chi connectivity index (χ2v) is 11.8. The number of aliphatic imine (C=N–C) groups is 1. The van der Waals surface area contributed by atoms with E-state index in [0.717, 1.165) is 24.0 Å². The molecular formula is C24H39Cl2NOZr. The van der Waals surface area contributed by atoms with Gasteiger partial charge in [0.05, 0.1) is 0 Å². The topological polar surface area (TPSA) is 32.6 Å². The van der Waals surface area contributed by atoms with Gasteiger partial charge in [0, 0.05) is 17.8 Å². The molecule has 29 heavy (non-hydrogen) atoms. The van der Waals surface area contributed by atoms with Gasteiger partial charge in [0.2, 0.25) is 0 Å². The van der Waals surface area contributed by atoms with Gasteiger partial charge < -0.3 is 5.11 Å². The van der Waals surface area contributed by atoms with Gasteiger partial charge in [-0.3, -0.25) is 4.99 Å². The molecule has 5 heteroatoms. The molecule has 0 aliphatic heterocycles. The molecule has 0 unspecified atom stereocenters. The maximum atomic E-state index is 10.9. The number of hydrogen-bond acceptors (Lipinski definition) is 2. The summed E-state index contributed by atoms with van der Waals surface area (Å²) >= 11 is -0.826. The van der Waals surface area contributed by atoms with Crippen LogP contribution in [0.1, 0.15) is 114 Å². The molecule has 164 valence electrons. The summed E-state index contributed by atoms with van der Waals surface area (Å²) in [6.07, 6.45) is 18.6. The summed E-state index contributed by atoms with van der Waals surface area (Å²) in [6.45, 7) is 4.35. The van der Waals surface area contributed by atoms with Crippen LogP contribution in [-0.4, -0.2) is 17.4 Å². The van der Waals surface area contributed by atoms with Crippen molar-refractivity contribution in [1.29, 1.82) is 0 Å². The molecule has 1 fully saturated rings. The van der Waals surface area contributed by atoms with E-state index in [1.807, 2.05) is 12.3 Å². The Balaban J connectivity index is 0.00000132. The Morgan fingerprint density at radius 2 is 1.45 bits per heavy atom. The first kappa shape index (κ1) is 27.2. The summed E-state index contributed by atoms with van der Waals surface area (Å²) in [7, 11) is 9.87. The fraction of sp³-hybridized carbons (Fsp3) is 0.708. The molecule has 1 N–H and O–H groups in total. The summed E-state index contributed by atoms with van der Waals surface area (Å²) in [5.74, 6) is 0.968. The van der Waals surface area contributed by atoms with Crippen molar-refractivity contribution in [3.05, 3.63) is 29.3 Å². The average molecular weight is 520 g/mol. The van der Waals surface area contributed by atoms with Crippen LogP contribution in [0.2, 0.25) is 0 Å². The second kappa shape index (κ2) is 17.8. The van der Waals surface area contributed by atoms with Crippen molar-refractivity contribution in [2.24, 2.45) is 4.99 Å². The van der Waals surface area contributed by atoms with Gasteiger partial charge in [-0.15, -0.1) is 0 Å². The van der Waals surface area contributed by atoms with E-state index in [-0.39, 0.29) is 0 Å². The zero-order valence-corrected chi connectivity index (χ0v) is 22.3. The van der Waals surface area contributed by atoms with E-state index >= 15 is 0 Å². The Hall–Kier alpha value is 0.153. The Bertz CT molecular complexity index is 552. The van der Waals surface area contributed by atoms with Crippen molar-refractivity contribution in [2.45, 2.75) is 109 Å². The van der Waals surface area contributed by atoms with E-state index in [1.165, 1.54) is 70.6 Å². The van der Waals surface area contributed by atoms with Crippen LogP contribution in [0.5, 0.6) is 5.75 Å². The van der Waals surface area contributed by atoms with Crippen LogP contribution in [0.25, 0.3) is 0 Å². The average Bonchev–Trinajstić information content (AvgIpc) is 2.71. The van der Waals surface area contributed by atoms with E-state index in [9.17, 15) is 5.11 Å². The summed E-state index contributed by atoms with van der Waals surface area (Å²) in [5.41, 5.74) is 2.04. The number of aromatic hydroxyl groups is 1. The molecule has 0 saturated heterocycles. The van der Waals surface area contributed by atoms with E-state index in [2.05, 4.69) is 31.0 Å². The summed E-state index contributed by atoms with van der Waals surface area (Å²) in [5, 5.41) is 10.9. The molecule has 1 aliphatic rings. The van der Waals surface area contributed by atoms with Gasteiger partial charge in [0.15, 0.2) is 0 Å². The Morgan fingerprint density at radius 3 is 1.93 bits per heavy atom. The number of benzene rings is 1. The van der Waals surface area contributed by atoms with Gasteiger partial charge in [-0.2, -0.15) is 0 Å². The molecule has 2 rings (SSSR count). The third kappa shape index (κ3) is 11.4. The monoisotopic (exact) mass is 517 g/mol. The maximum absolute atomic E-state index is 10.9. The first-order chi connectivity index (χ1) is 14.2. The number of nitrogens with zero attached hydrogens (tertiary/aromatic N) is 1. The van der Waals surface area contributed by atoms with Gasteiger partial charge in [-0.25, -0.2) is 0 Å². The third-order valence-corrected chi connectivity index (χ3v) is 6.01. The van der Waals surface area contributed by atoms with Crippen LogP contribution in [0, 0.1) is 0 Å². The second-order valence-electron chi connectivity index (χ2n) is 8.06. The molecular weight excluding hydrogens is 480 g/mol. The zero-order valence-electron chi connectivity index (χ0n) is 18.3. The molecule has 0 radical (unpaired) electrons. The van der Waals surface area contributed by atoms with Gasteiger partial charge >= 0.3 is 37.9 Å². The van der Waals surface area contributed by atoms with Crippen LogP contribution in [0.3, 0.4) is 0 Å². The molecule has 0 heterocycles. The van der Waals surface area contributed by atoms with Gasteiger partial charge in [-0.1, -0.05) is 83.8 Å². The molecule has 1 saturated carbocycles. The van der Waals surface area contributed by atoms with E-state index in [4.69, 9.17) is 17.0 Å². The van der Waals surface area contributed by atoms with Crippen molar-refractivity contribution in [2.75, 3.05) is 0 Å². The first-order valence-corrected chi connectivity index (χ1v) is 17.8. The van der Waals surface area contributed by atoms with Crippen molar-refractivity contribution < 1.29 is 26.0 Å². The predicted octanol–water partition coefficient (Wildman–Crippen LogP) is 8.76. The molecule has 0 spiro atoms. The Morgan fingerprint density at radius 1 is 0.966 bits per heavy atom. The van der Waals surface area contributed by atoms with Crippen molar-refractivity contribution in [3.63, 3.8) is 0 Å². The number of hydrogen-bond donors (Lipinski definition) is 1. The van der Waals surface area contributed by atoms with Crippen LogP contribution >= 0.6 is 17.0 Å². The number of phenols is 1. The first-order valence-electron chi connectivity index (χ1n) is 11.5. The summed E-state index contributed by atoms with van der Waals surface area (Å²) in [4.78, 5) is 4.68. The van der Waals surface area contributed by atoms with Gasteiger partial charge in [0.1, 0.15) is 5.75 Å². The van der Waals surface area contributed by atoms with Gasteiger partial charge in [-0.05, 0) is 43.2 Å². The zero-order chi connectivity index (χ0) is 21.3. The molecule has 0 bridgehead atoms. The molecule has 1 aromatic carbocycles. The summed E-state index contributed by atoms with van der Waals surface area (Å²) in [6, 6.07) is 6.60. The Kier molecular flexibility index (Phi) is 16.7. The third-order valence-electron chi connectivity index (χ3n) is 6.01. The predicted molar refractivity (Wildman–Crippen MR) is 125 cm³/mol. The fourth-order valence-corrected chi connectivity index (χ4v) is 4.17. The molecule has 1 aromatic rings. The van der Waals surface area contributed by atoms with Crippen LogP contribution < -0.4 is 0 Å². The van der Waals surface area contributed by atoms with Gasteiger partial charge in [0.25, 0.3) is 0 Å². The number of para-hydroxylation sites is 1. The quantitative estimate of drug-likeness (QED) is 0.388. The van der Waals surface area contributed by atoms with E-state index in [0.29, 0.717) is 17.7 Å². The molecule has 2 nitrogen and oxygen atoms in total. The minimum absolute atomic E-state index is 0.361. The Labute approximate surface area is 197 Å². The SMILES string of the molecule is CCC(CC)N=Cc1cccc(C2CCCCCCCCCCC2)c1O.[Cl][Zr][Cl]. The summed E-state index contributed by atoms with van der Waals surface area (Å²) < 4.78 is 0. The number of halogens is 2. The fourth-order valence-electron chi connectivity index (χ4n) is 4.17. The molecule has 0 aromatic heterocycles. The van der Waals surface area contributed by atoms with E-state index < -0.39 is 20.8 Å². The van der Waals surface area contributed by atoms with Crippen LogP contribution in [-0.2, 0) is 20.8 Å². The normalized spacial score (nSPS) is 17.3. The van der Waals surface area contributed by atoms with Crippen molar-refractivity contribution >= 4 is 23.2 Å². The van der Waals surface area contributed by atoms with E-state index in [1.54, 1.807) is 0 Å². The standard InChI is InChI=1S/C24H39NO.2ClH.Zr/c1-3-22(4-2)25-19-21-17-14-18-23(24(21)26)20-15-12-10-8-6-5-7-9-11-13-16-20;;;/h14,17-20,22,26H,3-13,15-16H2,1-2H3;2*1H;/q;;;+2/p-2. The molecule has 0 atom stereocenters. The van der Waals surface area contributed by atoms with Crippen molar-refractivity contribution in [1.82, 2.24) is 0 Å². The molecule has 0 amide bonds. The van der Waals surface area contributed by atoms with Crippen LogP contribution in [0.4, 0.5) is 0 Å². The van der Waals surface area contributed by atoms with Crippen LogP contribution in [0.15, 0.2) is 23.2 Å². The minimum atomic E-state index is -0.826. The number of phenolic OH excluding ortho intramolecular Hbond substituents is 1. The molecule has 1 aliphatic carbocycles. The van der Waals surface area contributed by atoms with Crippen molar-refractivity contribution in [3.8, 4) is 5.75 Å².